The Morgan fingerprint density at radius 2 is 1.62 bits per heavy atom. The molecule has 2 nitrogen and oxygen atoms in total. The van der Waals surface area contributed by atoms with Crippen LogP contribution in [0.3, 0.4) is 0 Å². The first-order chi connectivity index (χ1) is 12.5. The smallest absolute Gasteiger partial charge is 0.0540 e. The van der Waals surface area contributed by atoms with E-state index in [-0.39, 0.29) is 6.10 Å². The maximum absolute atomic E-state index is 10.3. The second-order valence-corrected chi connectivity index (χ2v) is 10.0. The quantitative estimate of drug-likeness (QED) is 0.352. The largest absolute Gasteiger partial charge is 0.396 e. The van der Waals surface area contributed by atoms with E-state index < -0.39 is 0 Å². The molecule has 0 aromatic rings. The van der Waals surface area contributed by atoms with E-state index in [0.717, 1.165) is 42.9 Å². The second-order valence-electron chi connectivity index (χ2n) is 10.0. The molecule has 0 aromatic carbocycles. The van der Waals surface area contributed by atoms with Crippen LogP contribution in [0.4, 0.5) is 0 Å². The Bertz CT molecular complexity index is 378. The zero-order valence-corrected chi connectivity index (χ0v) is 17.9. The topological polar surface area (TPSA) is 40.5 Å². The van der Waals surface area contributed by atoms with Gasteiger partial charge in [-0.05, 0) is 74.0 Å². The number of fused-ring (bicyclic) bond motifs is 2. The van der Waals surface area contributed by atoms with Crippen molar-refractivity contribution in [1.29, 1.82) is 0 Å². The maximum Gasteiger partial charge on any atom is 0.0540 e. The Labute approximate surface area is 163 Å². The lowest BCUT2D eigenvalue weighted by atomic mass is 9.42. The van der Waals surface area contributed by atoms with Crippen molar-refractivity contribution in [2.24, 2.45) is 29.1 Å². The predicted octanol–water partition coefficient (Wildman–Crippen LogP) is 6.34. The summed E-state index contributed by atoms with van der Waals surface area (Å²) in [5.41, 5.74) is 0.567. The van der Waals surface area contributed by atoms with Gasteiger partial charge < -0.3 is 10.2 Å². The highest BCUT2D eigenvalue weighted by molar-refractivity contribution is 5.05. The summed E-state index contributed by atoms with van der Waals surface area (Å²) >= 11 is 0. The lowest BCUT2D eigenvalue weighted by Crippen LogP contribution is -2.55. The van der Waals surface area contributed by atoms with Crippen LogP contribution in [-0.2, 0) is 0 Å². The van der Waals surface area contributed by atoms with Gasteiger partial charge in [-0.15, -0.1) is 0 Å². The van der Waals surface area contributed by atoms with Crippen molar-refractivity contribution >= 4 is 0 Å². The zero-order chi connectivity index (χ0) is 19.0. The van der Waals surface area contributed by atoms with E-state index in [0.29, 0.717) is 12.0 Å². The SMILES string of the molecule is CCCCCC(O)CCC1CC2CC(C1CCCCCCCO)C2(C)C. The van der Waals surface area contributed by atoms with Crippen LogP contribution in [0.2, 0.25) is 0 Å². The molecule has 3 saturated carbocycles. The minimum absolute atomic E-state index is 0.0630. The molecule has 2 N–H and O–H groups in total. The summed E-state index contributed by atoms with van der Waals surface area (Å²) in [7, 11) is 0. The monoisotopic (exact) mass is 366 g/mol. The van der Waals surface area contributed by atoms with Crippen LogP contribution in [0.15, 0.2) is 0 Å². The molecule has 2 heteroatoms. The molecule has 0 aromatic heterocycles. The number of hydrogen-bond donors (Lipinski definition) is 2. The normalized spacial score (nSPS) is 30.8. The number of rotatable bonds is 14. The highest BCUT2D eigenvalue weighted by atomic mass is 16.3. The molecular weight excluding hydrogens is 320 g/mol. The summed E-state index contributed by atoms with van der Waals surface area (Å²) in [4.78, 5) is 0. The third kappa shape index (κ3) is 5.96. The van der Waals surface area contributed by atoms with Crippen LogP contribution >= 0.6 is 0 Å². The predicted molar refractivity (Wildman–Crippen MR) is 111 cm³/mol. The van der Waals surface area contributed by atoms with Crippen molar-refractivity contribution in [2.75, 3.05) is 6.61 Å². The van der Waals surface area contributed by atoms with E-state index in [1.807, 2.05) is 0 Å². The Morgan fingerprint density at radius 3 is 2.31 bits per heavy atom. The molecule has 3 rings (SSSR count). The molecule has 5 atom stereocenters. The second kappa shape index (κ2) is 11.1. The van der Waals surface area contributed by atoms with E-state index in [9.17, 15) is 5.11 Å². The number of hydrogen-bond acceptors (Lipinski definition) is 2. The van der Waals surface area contributed by atoms with Gasteiger partial charge in [0, 0.05) is 6.61 Å². The molecule has 3 aliphatic rings. The Morgan fingerprint density at radius 1 is 0.885 bits per heavy atom. The first kappa shape index (κ1) is 22.2. The molecule has 3 fully saturated rings. The molecule has 26 heavy (non-hydrogen) atoms. The molecule has 0 spiro atoms. The molecule has 0 aliphatic heterocycles. The van der Waals surface area contributed by atoms with Crippen molar-refractivity contribution in [2.45, 2.75) is 117 Å². The first-order valence-corrected chi connectivity index (χ1v) is 11.8. The fourth-order valence-corrected chi connectivity index (χ4v) is 6.02. The molecule has 2 bridgehead atoms. The molecule has 0 amide bonds. The standard InChI is InChI=1S/C24H46O2/c1-4-5-9-12-21(26)15-14-19-17-20-18-23(24(20,2)3)22(19)13-10-7-6-8-11-16-25/h19-23,25-26H,4-18H2,1-3H3. The highest BCUT2D eigenvalue weighted by Crippen LogP contribution is 2.64. The summed E-state index contributed by atoms with van der Waals surface area (Å²) in [6.45, 7) is 7.60. The Kier molecular flexibility index (Phi) is 9.44. The van der Waals surface area contributed by atoms with Gasteiger partial charge in [0.1, 0.15) is 0 Å². The third-order valence-corrected chi connectivity index (χ3v) is 7.96. The zero-order valence-electron chi connectivity index (χ0n) is 17.9. The molecule has 0 heterocycles. The average molecular weight is 367 g/mol. The molecule has 5 unspecified atom stereocenters. The number of unbranched alkanes of at least 4 members (excludes halogenated alkanes) is 6. The minimum Gasteiger partial charge on any atom is -0.396 e. The number of aliphatic hydroxyl groups is 2. The fraction of sp³-hybridized carbons (Fsp3) is 1.00. The number of aliphatic hydroxyl groups excluding tert-OH is 2. The van der Waals surface area contributed by atoms with Crippen LogP contribution in [-0.4, -0.2) is 22.9 Å². The van der Waals surface area contributed by atoms with Gasteiger partial charge in [-0.25, -0.2) is 0 Å². The summed E-state index contributed by atoms with van der Waals surface area (Å²) < 4.78 is 0. The van der Waals surface area contributed by atoms with Crippen LogP contribution < -0.4 is 0 Å². The molecule has 3 aliphatic carbocycles. The van der Waals surface area contributed by atoms with Crippen LogP contribution in [0, 0.1) is 29.1 Å². The van der Waals surface area contributed by atoms with E-state index in [1.54, 1.807) is 0 Å². The molecule has 154 valence electrons. The first-order valence-electron chi connectivity index (χ1n) is 11.8. The van der Waals surface area contributed by atoms with Crippen LogP contribution in [0.5, 0.6) is 0 Å². The molecular formula is C24H46O2. The van der Waals surface area contributed by atoms with Crippen LogP contribution in [0.1, 0.15) is 111 Å². The summed E-state index contributed by atoms with van der Waals surface area (Å²) in [6, 6.07) is 0. The van der Waals surface area contributed by atoms with E-state index in [1.165, 1.54) is 70.6 Å². The van der Waals surface area contributed by atoms with Gasteiger partial charge in [-0.2, -0.15) is 0 Å². The van der Waals surface area contributed by atoms with Crippen molar-refractivity contribution in [3.8, 4) is 0 Å². The lowest BCUT2D eigenvalue weighted by molar-refractivity contribution is -0.139. The van der Waals surface area contributed by atoms with Crippen molar-refractivity contribution in [3.63, 3.8) is 0 Å². The van der Waals surface area contributed by atoms with Crippen LogP contribution in [0.25, 0.3) is 0 Å². The van der Waals surface area contributed by atoms with E-state index >= 15 is 0 Å². The summed E-state index contributed by atoms with van der Waals surface area (Å²) in [6.07, 6.45) is 17.4. The van der Waals surface area contributed by atoms with Gasteiger partial charge in [0.05, 0.1) is 6.10 Å². The Hall–Kier alpha value is -0.0800. The molecule has 0 saturated heterocycles. The Balaban J connectivity index is 1.76. The summed E-state index contributed by atoms with van der Waals surface area (Å²) in [5, 5.41) is 19.3. The van der Waals surface area contributed by atoms with Gasteiger partial charge in [-0.3, -0.25) is 0 Å². The van der Waals surface area contributed by atoms with Gasteiger partial charge in [0.25, 0.3) is 0 Å². The van der Waals surface area contributed by atoms with E-state index in [4.69, 9.17) is 5.11 Å². The van der Waals surface area contributed by atoms with Crippen molar-refractivity contribution < 1.29 is 10.2 Å². The van der Waals surface area contributed by atoms with Crippen molar-refractivity contribution in [3.05, 3.63) is 0 Å². The highest BCUT2D eigenvalue weighted by Gasteiger charge is 2.56. The van der Waals surface area contributed by atoms with Crippen molar-refractivity contribution in [1.82, 2.24) is 0 Å². The lowest BCUT2D eigenvalue weighted by Gasteiger charge is -2.63. The van der Waals surface area contributed by atoms with Gasteiger partial charge >= 0.3 is 0 Å². The van der Waals surface area contributed by atoms with Gasteiger partial charge in [0.2, 0.25) is 0 Å². The van der Waals surface area contributed by atoms with Gasteiger partial charge in [-0.1, -0.05) is 65.7 Å². The summed E-state index contributed by atoms with van der Waals surface area (Å²) in [5.74, 6) is 3.64. The minimum atomic E-state index is -0.0630. The average Bonchev–Trinajstić information content (AvgIpc) is 2.63. The molecule has 0 radical (unpaired) electrons. The third-order valence-electron chi connectivity index (χ3n) is 7.96. The van der Waals surface area contributed by atoms with E-state index in [2.05, 4.69) is 20.8 Å². The van der Waals surface area contributed by atoms with Gasteiger partial charge in [0.15, 0.2) is 0 Å². The maximum atomic E-state index is 10.3. The fourth-order valence-electron chi connectivity index (χ4n) is 6.02.